The molecule has 0 atom stereocenters. The van der Waals surface area contributed by atoms with Gasteiger partial charge in [0.05, 0.1) is 12.1 Å². The standard InChI is InChI=1S/C19H17N5O/c1-13-6-7-15-14(11-13)17(8-10-21-15)24(2)12-18-22-19(23-25-18)16-5-3-4-9-20-16/h3-11H,12H2,1-2H3. The van der Waals surface area contributed by atoms with Crippen molar-refractivity contribution in [3.63, 3.8) is 0 Å². The quantitative estimate of drug-likeness (QED) is 0.569. The first kappa shape index (κ1) is 15.3. The predicted molar refractivity (Wildman–Crippen MR) is 96.1 cm³/mol. The van der Waals surface area contributed by atoms with E-state index < -0.39 is 0 Å². The van der Waals surface area contributed by atoms with Crippen LogP contribution in [-0.4, -0.2) is 27.2 Å². The van der Waals surface area contributed by atoms with Crippen molar-refractivity contribution in [1.29, 1.82) is 0 Å². The first-order valence-corrected chi connectivity index (χ1v) is 8.01. The second-order valence-electron chi connectivity index (χ2n) is 5.93. The number of pyridine rings is 2. The second-order valence-corrected chi connectivity index (χ2v) is 5.93. The van der Waals surface area contributed by atoms with Crippen molar-refractivity contribution in [1.82, 2.24) is 20.1 Å². The molecule has 6 nitrogen and oxygen atoms in total. The molecule has 0 N–H and O–H groups in total. The second kappa shape index (κ2) is 6.32. The molecule has 0 radical (unpaired) electrons. The molecule has 0 spiro atoms. The van der Waals surface area contributed by atoms with E-state index in [-0.39, 0.29) is 0 Å². The van der Waals surface area contributed by atoms with Gasteiger partial charge in [0.15, 0.2) is 0 Å². The van der Waals surface area contributed by atoms with Gasteiger partial charge in [0.25, 0.3) is 0 Å². The zero-order valence-corrected chi connectivity index (χ0v) is 14.0. The van der Waals surface area contributed by atoms with Crippen LogP contribution in [0.2, 0.25) is 0 Å². The lowest BCUT2D eigenvalue weighted by atomic mass is 10.1. The summed E-state index contributed by atoms with van der Waals surface area (Å²) in [5.74, 6) is 1.04. The van der Waals surface area contributed by atoms with Gasteiger partial charge in [-0.15, -0.1) is 0 Å². The van der Waals surface area contributed by atoms with Gasteiger partial charge < -0.3 is 9.42 Å². The Kier molecular flexibility index (Phi) is 3.85. The molecule has 124 valence electrons. The van der Waals surface area contributed by atoms with Crippen LogP contribution >= 0.6 is 0 Å². The van der Waals surface area contributed by atoms with Gasteiger partial charge in [0, 0.05) is 30.5 Å². The van der Waals surface area contributed by atoms with E-state index in [1.54, 1.807) is 6.20 Å². The predicted octanol–water partition coefficient (Wildman–Crippen LogP) is 3.62. The lowest BCUT2D eigenvalue weighted by Gasteiger charge is -2.19. The van der Waals surface area contributed by atoms with E-state index >= 15 is 0 Å². The van der Waals surface area contributed by atoms with Crippen LogP contribution in [-0.2, 0) is 6.54 Å². The third kappa shape index (κ3) is 3.06. The van der Waals surface area contributed by atoms with Crippen molar-refractivity contribution >= 4 is 16.6 Å². The molecule has 0 aliphatic rings. The fourth-order valence-corrected chi connectivity index (χ4v) is 2.78. The van der Waals surface area contributed by atoms with Crippen LogP contribution in [0.1, 0.15) is 11.5 Å². The van der Waals surface area contributed by atoms with E-state index in [0.29, 0.717) is 24.0 Å². The van der Waals surface area contributed by atoms with Crippen LogP contribution in [0.3, 0.4) is 0 Å². The summed E-state index contributed by atoms with van der Waals surface area (Å²) in [6, 6.07) is 13.9. The van der Waals surface area contributed by atoms with Gasteiger partial charge in [-0.25, -0.2) is 0 Å². The molecule has 0 aliphatic carbocycles. The summed E-state index contributed by atoms with van der Waals surface area (Å²) in [5.41, 5.74) is 3.94. The van der Waals surface area contributed by atoms with Crippen LogP contribution in [0.4, 0.5) is 5.69 Å². The van der Waals surface area contributed by atoms with E-state index in [1.807, 2.05) is 43.6 Å². The molecular weight excluding hydrogens is 314 g/mol. The van der Waals surface area contributed by atoms with Crippen molar-refractivity contribution in [2.24, 2.45) is 0 Å². The molecule has 3 heterocycles. The molecule has 0 fully saturated rings. The number of aryl methyl sites for hydroxylation is 1. The molecular formula is C19H17N5O. The van der Waals surface area contributed by atoms with Crippen molar-refractivity contribution in [3.8, 4) is 11.5 Å². The lowest BCUT2D eigenvalue weighted by Crippen LogP contribution is -2.17. The molecule has 0 saturated carbocycles. The van der Waals surface area contributed by atoms with E-state index in [2.05, 4.69) is 44.1 Å². The van der Waals surface area contributed by atoms with Crippen LogP contribution in [0.25, 0.3) is 22.4 Å². The highest BCUT2D eigenvalue weighted by Crippen LogP contribution is 2.26. The number of fused-ring (bicyclic) bond motifs is 1. The normalized spacial score (nSPS) is 11.0. The Morgan fingerprint density at radius 2 is 1.96 bits per heavy atom. The zero-order valence-electron chi connectivity index (χ0n) is 14.0. The van der Waals surface area contributed by atoms with Crippen LogP contribution in [0.15, 0.2) is 59.4 Å². The molecule has 4 aromatic rings. The summed E-state index contributed by atoms with van der Waals surface area (Å²) in [4.78, 5) is 15.2. The summed E-state index contributed by atoms with van der Waals surface area (Å²) in [7, 11) is 2.00. The minimum absolute atomic E-state index is 0.499. The van der Waals surface area contributed by atoms with Gasteiger partial charge in [0.2, 0.25) is 11.7 Å². The SMILES string of the molecule is Cc1ccc2nccc(N(C)Cc3nc(-c4ccccn4)no3)c2c1. The number of hydrogen-bond acceptors (Lipinski definition) is 6. The first-order chi connectivity index (χ1) is 12.2. The van der Waals surface area contributed by atoms with Crippen molar-refractivity contribution in [2.75, 3.05) is 11.9 Å². The minimum Gasteiger partial charge on any atom is -0.365 e. The third-order valence-electron chi connectivity index (χ3n) is 4.02. The Labute approximate surface area is 145 Å². The molecule has 1 aromatic carbocycles. The molecule has 0 aliphatic heterocycles. The average molecular weight is 331 g/mol. The third-order valence-corrected chi connectivity index (χ3v) is 4.02. The number of rotatable bonds is 4. The van der Waals surface area contributed by atoms with E-state index in [0.717, 1.165) is 16.6 Å². The highest BCUT2D eigenvalue weighted by molar-refractivity contribution is 5.91. The highest BCUT2D eigenvalue weighted by atomic mass is 16.5. The number of anilines is 1. The molecule has 0 bridgehead atoms. The number of hydrogen-bond donors (Lipinski definition) is 0. The van der Waals surface area contributed by atoms with Gasteiger partial charge >= 0.3 is 0 Å². The van der Waals surface area contributed by atoms with Crippen LogP contribution in [0, 0.1) is 6.92 Å². The maximum Gasteiger partial charge on any atom is 0.246 e. The Hall–Kier alpha value is -3.28. The number of aromatic nitrogens is 4. The molecule has 0 unspecified atom stereocenters. The summed E-state index contributed by atoms with van der Waals surface area (Å²) >= 11 is 0. The van der Waals surface area contributed by atoms with E-state index in [4.69, 9.17) is 4.52 Å². The maximum absolute atomic E-state index is 5.39. The van der Waals surface area contributed by atoms with Gasteiger partial charge in [-0.05, 0) is 37.3 Å². The van der Waals surface area contributed by atoms with Crippen LogP contribution < -0.4 is 4.90 Å². The Morgan fingerprint density at radius 3 is 2.80 bits per heavy atom. The van der Waals surface area contributed by atoms with Crippen LogP contribution in [0.5, 0.6) is 0 Å². The van der Waals surface area contributed by atoms with Gasteiger partial charge in [-0.3, -0.25) is 9.97 Å². The first-order valence-electron chi connectivity index (χ1n) is 8.01. The molecule has 3 aromatic heterocycles. The van der Waals surface area contributed by atoms with Crippen molar-refractivity contribution in [3.05, 3.63) is 66.3 Å². The Balaban J connectivity index is 1.62. The number of nitrogens with zero attached hydrogens (tertiary/aromatic N) is 5. The fraction of sp³-hybridized carbons (Fsp3) is 0.158. The number of benzene rings is 1. The molecule has 6 heteroatoms. The maximum atomic E-state index is 5.39. The van der Waals surface area contributed by atoms with Gasteiger partial charge in [-0.1, -0.05) is 22.9 Å². The summed E-state index contributed by atoms with van der Waals surface area (Å²) < 4.78 is 5.39. The monoisotopic (exact) mass is 331 g/mol. The largest absolute Gasteiger partial charge is 0.365 e. The minimum atomic E-state index is 0.499. The summed E-state index contributed by atoms with van der Waals surface area (Å²) in [6.07, 6.45) is 3.53. The lowest BCUT2D eigenvalue weighted by molar-refractivity contribution is 0.378. The Morgan fingerprint density at radius 1 is 1.04 bits per heavy atom. The van der Waals surface area contributed by atoms with E-state index in [9.17, 15) is 0 Å². The van der Waals surface area contributed by atoms with Crippen molar-refractivity contribution < 1.29 is 4.52 Å². The molecule has 0 amide bonds. The summed E-state index contributed by atoms with van der Waals surface area (Å²) in [5, 5.41) is 5.13. The average Bonchev–Trinajstić information content (AvgIpc) is 3.10. The van der Waals surface area contributed by atoms with Gasteiger partial charge in [0.1, 0.15) is 5.69 Å². The zero-order chi connectivity index (χ0) is 17.2. The highest BCUT2D eigenvalue weighted by Gasteiger charge is 2.13. The van der Waals surface area contributed by atoms with Gasteiger partial charge in [-0.2, -0.15) is 4.98 Å². The molecule has 0 saturated heterocycles. The topological polar surface area (TPSA) is 67.9 Å². The Bertz CT molecular complexity index is 1010. The molecule has 25 heavy (non-hydrogen) atoms. The molecule has 4 rings (SSSR count). The van der Waals surface area contributed by atoms with E-state index in [1.165, 1.54) is 5.56 Å². The summed E-state index contributed by atoms with van der Waals surface area (Å²) in [6.45, 7) is 2.58. The fourth-order valence-electron chi connectivity index (χ4n) is 2.78. The smallest absolute Gasteiger partial charge is 0.246 e. The van der Waals surface area contributed by atoms with Crippen molar-refractivity contribution in [2.45, 2.75) is 13.5 Å².